The van der Waals surface area contributed by atoms with E-state index in [1.54, 1.807) is 18.4 Å². The second-order valence-corrected chi connectivity index (χ2v) is 4.86. The zero-order valence-electron chi connectivity index (χ0n) is 10.3. The molecule has 1 aromatic heterocycles. The van der Waals surface area contributed by atoms with Crippen LogP contribution >= 0.6 is 11.3 Å². The Labute approximate surface area is 102 Å². The first-order chi connectivity index (χ1) is 7.76. The summed E-state index contributed by atoms with van der Waals surface area (Å²) in [5, 5.41) is 4.24. The van der Waals surface area contributed by atoms with E-state index < -0.39 is 0 Å². The highest BCUT2D eigenvalue weighted by molar-refractivity contribution is 7.15. The van der Waals surface area contributed by atoms with Gasteiger partial charge in [-0.3, -0.25) is 0 Å². The third-order valence-corrected chi connectivity index (χ3v) is 3.14. The summed E-state index contributed by atoms with van der Waals surface area (Å²) in [5.74, 6) is 0. The van der Waals surface area contributed by atoms with Crippen molar-refractivity contribution in [3.8, 4) is 0 Å². The van der Waals surface area contributed by atoms with Gasteiger partial charge in [0.15, 0.2) is 5.13 Å². The Bertz CT molecular complexity index is 291. The molecule has 5 heteroatoms. The second kappa shape index (κ2) is 7.60. The molecule has 0 spiro atoms. The molecule has 92 valence electrons. The van der Waals surface area contributed by atoms with Crippen molar-refractivity contribution in [2.24, 2.45) is 0 Å². The smallest absolute Gasteiger partial charge is 0.182 e. The minimum atomic E-state index is 0.829. The molecule has 16 heavy (non-hydrogen) atoms. The van der Waals surface area contributed by atoms with Gasteiger partial charge in [-0.25, -0.2) is 4.98 Å². The van der Waals surface area contributed by atoms with Crippen molar-refractivity contribution in [1.82, 2.24) is 9.88 Å². The highest BCUT2D eigenvalue weighted by Crippen LogP contribution is 2.18. The van der Waals surface area contributed by atoms with Crippen molar-refractivity contribution in [3.05, 3.63) is 11.1 Å². The Morgan fingerprint density at radius 1 is 1.56 bits per heavy atom. The Kier molecular flexibility index (Phi) is 6.37. The minimum Gasteiger partial charge on any atom is -0.385 e. The number of nitrogens with one attached hydrogen (secondary N) is 1. The molecule has 0 aliphatic carbocycles. The lowest BCUT2D eigenvalue weighted by atomic mass is 10.4. The highest BCUT2D eigenvalue weighted by Gasteiger charge is 2.04. The van der Waals surface area contributed by atoms with Gasteiger partial charge in [0.25, 0.3) is 0 Å². The number of ether oxygens (including phenoxy) is 1. The largest absolute Gasteiger partial charge is 0.385 e. The SMILES string of the molecule is CCNc1ncc(CN(C)CCCOC)s1. The van der Waals surface area contributed by atoms with E-state index in [0.717, 1.165) is 37.8 Å². The van der Waals surface area contributed by atoms with Gasteiger partial charge in [0, 0.05) is 44.4 Å². The molecule has 0 aromatic carbocycles. The van der Waals surface area contributed by atoms with Crippen LogP contribution in [0.4, 0.5) is 5.13 Å². The Balaban J connectivity index is 2.28. The van der Waals surface area contributed by atoms with Crippen LogP contribution in [0.25, 0.3) is 0 Å². The van der Waals surface area contributed by atoms with E-state index in [1.807, 2.05) is 6.20 Å². The van der Waals surface area contributed by atoms with Crippen LogP contribution in [0, 0.1) is 0 Å². The number of anilines is 1. The number of hydrogen-bond acceptors (Lipinski definition) is 5. The van der Waals surface area contributed by atoms with Gasteiger partial charge in [0.05, 0.1) is 0 Å². The van der Waals surface area contributed by atoms with E-state index in [9.17, 15) is 0 Å². The van der Waals surface area contributed by atoms with Gasteiger partial charge < -0.3 is 15.0 Å². The molecule has 0 amide bonds. The van der Waals surface area contributed by atoms with Crippen LogP contribution in [0.15, 0.2) is 6.20 Å². The fraction of sp³-hybridized carbons (Fsp3) is 0.727. The Morgan fingerprint density at radius 3 is 3.06 bits per heavy atom. The number of hydrogen-bond donors (Lipinski definition) is 1. The van der Waals surface area contributed by atoms with Gasteiger partial charge in [-0.15, -0.1) is 11.3 Å². The molecule has 0 aliphatic rings. The maximum Gasteiger partial charge on any atom is 0.182 e. The summed E-state index contributed by atoms with van der Waals surface area (Å²) in [5.41, 5.74) is 0. The van der Waals surface area contributed by atoms with Crippen molar-refractivity contribution in [1.29, 1.82) is 0 Å². The van der Waals surface area contributed by atoms with Crippen LogP contribution in [0.2, 0.25) is 0 Å². The van der Waals surface area contributed by atoms with Crippen molar-refractivity contribution in [2.75, 3.05) is 39.2 Å². The van der Waals surface area contributed by atoms with Crippen LogP contribution in [-0.2, 0) is 11.3 Å². The maximum atomic E-state index is 5.03. The summed E-state index contributed by atoms with van der Waals surface area (Å²) in [6.07, 6.45) is 3.03. The normalized spacial score (nSPS) is 11.0. The Hall–Kier alpha value is -0.650. The molecule has 0 aliphatic heterocycles. The molecule has 0 saturated carbocycles. The third-order valence-electron chi connectivity index (χ3n) is 2.20. The average Bonchev–Trinajstić information content (AvgIpc) is 2.66. The summed E-state index contributed by atoms with van der Waals surface area (Å²) in [4.78, 5) is 7.91. The van der Waals surface area contributed by atoms with E-state index >= 15 is 0 Å². The van der Waals surface area contributed by atoms with Crippen molar-refractivity contribution in [2.45, 2.75) is 19.9 Å². The maximum absolute atomic E-state index is 5.03. The topological polar surface area (TPSA) is 37.4 Å². The van der Waals surface area contributed by atoms with Gasteiger partial charge in [-0.05, 0) is 20.4 Å². The molecule has 1 rings (SSSR count). The summed E-state index contributed by atoms with van der Waals surface area (Å²) < 4.78 is 5.03. The first-order valence-corrected chi connectivity index (χ1v) is 6.44. The van der Waals surface area contributed by atoms with E-state index in [1.165, 1.54) is 4.88 Å². The molecule has 0 radical (unpaired) electrons. The van der Waals surface area contributed by atoms with Crippen molar-refractivity contribution >= 4 is 16.5 Å². The Morgan fingerprint density at radius 2 is 2.38 bits per heavy atom. The lowest BCUT2D eigenvalue weighted by Crippen LogP contribution is -2.19. The van der Waals surface area contributed by atoms with Gasteiger partial charge in [-0.1, -0.05) is 0 Å². The lowest BCUT2D eigenvalue weighted by molar-refractivity contribution is 0.178. The van der Waals surface area contributed by atoms with Crippen molar-refractivity contribution < 1.29 is 4.74 Å². The summed E-state index contributed by atoms with van der Waals surface area (Å²) in [7, 11) is 3.87. The van der Waals surface area contributed by atoms with Gasteiger partial charge >= 0.3 is 0 Å². The molecular formula is C11H21N3OS. The van der Waals surface area contributed by atoms with Gasteiger partial charge in [-0.2, -0.15) is 0 Å². The summed E-state index contributed by atoms with van der Waals surface area (Å²) in [6.45, 7) is 5.86. The van der Waals surface area contributed by atoms with E-state index in [4.69, 9.17) is 4.74 Å². The summed E-state index contributed by atoms with van der Waals surface area (Å²) in [6, 6.07) is 0. The van der Waals surface area contributed by atoms with Gasteiger partial charge in [0.2, 0.25) is 0 Å². The van der Waals surface area contributed by atoms with E-state index in [0.29, 0.717) is 0 Å². The fourth-order valence-electron chi connectivity index (χ4n) is 1.44. The fourth-order valence-corrected chi connectivity index (χ4v) is 2.40. The molecule has 0 atom stereocenters. The summed E-state index contributed by atoms with van der Waals surface area (Å²) >= 11 is 1.73. The first kappa shape index (κ1) is 13.4. The minimum absolute atomic E-state index is 0.829. The molecule has 1 aromatic rings. The monoisotopic (exact) mass is 243 g/mol. The van der Waals surface area contributed by atoms with E-state index in [-0.39, 0.29) is 0 Å². The number of rotatable bonds is 8. The quantitative estimate of drug-likeness (QED) is 0.709. The van der Waals surface area contributed by atoms with Crippen molar-refractivity contribution in [3.63, 3.8) is 0 Å². The number of aromatic nitrogens is 1. The zero-order valence-corrected chi connectivity index (χ0v) is 11.1. The molecule has 1 N–H and O–H groups in total. The second-order valence-electron chi connectivity index (χ2n) is 3.75. The van der Waals surface area contributed by atoms with Gasteiger partial charge in [0.1, 0.15) is 0 Å². The number of methoxy groups -OCH3 is 1. The highest BCUT2D eigenvalue weighted by atomic mass is 32.1. The number of nitrogens with zero attached hydrogens (tertiary/aromatic N) is 2. The molecule has 0 saturated heterocycles. The standard InChI is InChI=1S/C11H21N3OS/c1-4-12-11-13-8-10(16-11)9-14(2)6-5-7-15-3/h8H,4-7,9H2,1-3H3,(H,12,13). The predicted molar refractivity (Wildman–Crippen MR) is 69.1 cm³/mol. The molecule has 0 unspecified atom stereocenters. The van der Waals surface area contributed by atoms with Crippen LogP contribution in [0.3, 0.4) is 0 Å². The van der Waals surface area contributed by atoms with E-state index in [2.05, 4.69) is 29.2 Å². The third kappa shape index (κ3) is 4.92. The van der Waals surface area contributed by atoms with Crippen LogP contribution in [-0.4, -0.2) is 43.7 Å². The zero-order chi connectivity index (χ0) is 11.8. The molecule has 1 heterocycles. The predicted octanol–water partition coefficient (Wildman–Crippen LogP) is 2.04. The van der Waals surface area contributed by atoms with Crippen LogP contribution in [0.5, 0.6) is 0 Å². The number of thiazole rings is 1. The first-order valence-electron chi connectivity index (χ1n) is 5.62. The lowest BCUT2D eigenvalue weighted by Gasteiger charge is -2.14. The van der Waals surface area contributed by atoms with Crippen LogP contribution < -0.4 is 5.32 Å². The molecular weight excluding hydrogens is 222 g/mol. The molecule has 0 bridgehead atoms. The molecule has 4 nitrogen and oxygen atoms in total. The molecule has 0 fully saturated rings. The average molecular weight is 243 g/mol. The van der Waals surface area contributed by atoms with Crippen LogP contribution in [0.1, 0.15) is 18.2 Å².